The second-order valence-corrected chi connectivity index (χ2v) is 6.18. The van der Waals surface area contributed by atoms with Gasteiger partial charge in [-0.1, -0.05) is 29.8 Å². The van der Waals surface area contributed by atoms with Gasteiger partial charge in [0.2, 0.25) is 5.91 Å². The van der Waals surface area contributed by atoms with Crippen LogP contribution in [0.15, 0.2) is 36.4 Å². The molecule has 0 unspecified atom stereocenters. The summed E-state index contributed by atoms with van der Waals surface area (Å²) >= 11 is 6.13. The van der Waals surface area contributed by atoms with E-state index in [1.54, 1.807) is 18.2 Å². The molecule has 0 bridgehead atoms. The Bertz CT molecular complexity index is 822. The van der Waals surface area contributed by atoms with E-state index in [9.17, 15) is 9.59 Å². The van der Waals surface area contributed by atoms with E-state index in [-0.39, 0.29) is 17.9 Å². The van der Waals surface area contributed by atoms with Gasteiger partial charge in [0, 0.05) is 12.1 Å². The Balaban J connectivity index is 1.95. The molecule has 0 aliphatic heterocycles. The molecule has 0 spiro atoms. The second kappa shape index (κ2) is 9.83. The first-order chi connectivity index (χ1) is 13.0. The van der Waals surface area contributed by atoms with Gasteiger partial charge in [0.25, 0.3) is 0 Å². The van der Waals surface area contributed by atoms with Crippen molar-refractivity contribution in [2.24, 2.45) is 0 Å². The number of carboxylic acids is 1. The molecule has 0 aliphatic rings. The Hall–Kier alpha value is -2.73. The molecule has 0 heterocycles. The number of halogens is 1. The van der Waals surface area contributed by atoms with Crippen LogP contribution in [-0.2, 0) is 17.6 Å². The smallest absolute Gasteiger partial charge is 0.335 e. The average molecular weight is 392 g/mol. The Labute approximate surface area is 163 Å². The minimum absolute atomic E-state index is 0.153. The third kappa shape index (κ3) is 5.62. The molecule has 2 N–H and O–H groups in total. The first kappa shape index (κ1) is 20.6. The lowest BCUT2D eigenvalue weighted by Crippen LogP contribution is -2.27. The maximum Gasteiger partial charge on any atom is 0.335 e. The van der Waals surface area contributed by atoms with Crippen LogP contribution in [0, 0.1) is 0 Å². The van der Waals surface area contributed by atoms with Gasteiger partial charge in [-0.3, -0.25) is 4.79 Å². The molecule has 0 aromatic heterocycles. The van der Waals surface area contributed by atoms with Gasteiger partial charge in [0.05, 0.1) is 30.7 Å². The molecule has 0 aliphatic carbocycles. The average Bonchev–Trinajstić information content (AvgIpc) is 2.64. The predicted octanol–water partition coefficient (Wildman–Crippen LogP) is 3.35. The highest BCUT2D eigenvalue weighted by molar-refractivity contribution is 6.32. The summed E-state index contributed by atoms with van der Waals surface area (Å²) in [5.74, 6) is -0.153. The second-order valence-electron chi connectivity index (χ2n) is 5.77. The predicted molar refractivity (Wildman–Crippen MR) is 103 cm³/mol. The number of benzene rings is 2. The van der Waals surface area contributed by atoms with Crippen LogP contribution in [-0.4, -0.2) is 37.2 Å². The lowest BCUT2D eigenvalue weighted by atomic mass is 10.1. The maximum atomic E-state index is 12.2. The van der Waals surface area contributed by atoms with Crippen LogP contribution in [0.3, 0.4) is 0 Å². The van der Waals surface area contributed by atoms with Gasteiger partial charge >= 0.3 is 5.97 Å². The number of ether oxygens (including phenoxy) is 2. The van der Waals surface area contributed by atoms with E-state index < -0.39 is 5.97 Å². The summed E-state index contributed by atoms with van der Waals surface area (Å²) in [5.41, 5.74) is 1.70. The highest BCUT2D eigenvalue weighted by Crippen LogP contribution is 2.29. The van der Waals surface area contributed by atoms with E-state index in [1.165, 1.54) is 19.2 Å². The van der Waals surface area contributed by atoms with Gasteiger partial charge in [-0.25, -0.2) is 4.79 Å². The van der Waals surface area contributed by atoms with Crippen molar-refractivity contribution in [1.82, 2.24) is 5.32 Å². The zero-order chi connectivity index (χ0) is 19.8. The summed E-state index contributed by atoms with van der Waals surface area (Å²) < 4.78 is 10.8. The number of carbonyl (C=O) groups excluding carboxylic acids is 1. The number of amides is 1. The fourth-order valence-electron chi connectivity index (χ4n) is 2.65. The number of methoxy groups -OCH3 is 1. The van der Waals surface area contributed by atoms with Crippen molar-refractivity contribution in [2.45, 2.75) is 19.8 Å². The van der Waals surface area contributed by atoms with Crippen molar-refractivity contribution in [1.29, 1.82) is 0 Å². The van der Waals surface area contributed by atoms with Crippen LogP contribution in [0.25, 0.3) is 0 Å². The summed E-state index contributed by atoms with van der Waals surface area (Å²) in [6.45, 7) is 2.72. The number of rotatable bonds is 9. The zero-order valence-corrected chi connectivity index (χ0v) is 16.0. The molecule has 7 heteroatoms. The number of aromatic carboxylic acids is 1. The number of para-hydroxylation sites is 1. The van der Waals surface area contributed by atoms with E-state index in [1.807, 2.05) is 13.0 Å². The van der Waals surface area contributed by atoms with Crippen LogP contribution in [0.4, 0.5) is 0 Å². The minimum Gasteiger partial charge on any atom is -0.496 e. The van der Waals surface area contributed by atoms with Gasteiger partial charge in [0.15, 0.2) is 0 Å². The third-order valence-corrected chi connectivity index (χ3v) is 4.24. The van der Waals surface area contributed by atoms with Gasteiger partial charge in [-0.15, -0.1) is 0 Å². The third-order valence-electron chi connectivity index (χ3n) is 3.94. The summed E-state index contributed by atoms with van der Waals surface area (Å²) in [7, 11) is 1.48. The number of carbonyl (C=O) groups is 2. The zero-order valence-electron chi connectivity index (χ0n) is 15.3. The fraction of sp³-hybridized carbons (Fsp3) is 0.300. The molecular weight excluding hydrogens is 370 g/mol. The fourth-order valence-corrected chi connectivity index (χ4v) is 2.90. The van der Waals surface area contributed by atoms with Crippen LogP contribution in [0.2, 0.25) is 5.02 Å². The monoisotopic (exact) mass is 391 g/mol. The highest BCUT2D eigenvalue weighted by Gasteiger charge is 2.13. The summed E-state index contributed by atoms with van der Waals surface area (Å²) in [6, 6.07) is 9.99. The molecule has 1 amide bonds. The molecule has 0 radical (unpaired) electrons. The molecule has 2 aromatic rings. The number of carboxylic acid groups (broad SMARTS) is 1. The minimum atomic E-state index is -1.01. The number of hydrogen-bond acceptors (Lipinski definition) is 4. The SMILES string of the molecule is CCOc1c(Cl)cccc1CC(=O)NCCc1ccc(C(=O)O)cc1OC. The van der Waals surface area contributed by atoms with Gasteiger partial charge in [-0.05, 0) is 37.1 Å². The Morgan fingerprint density at radius 3 is 2.63 bits per heavy atom. The first-order valence-corrected chi connectivity index (χ1v) is 8.91. The summed E-state index contributed by atoms with van der Waals surface area (Å²) in [4.78, 5) is 23.3. The van der Waals surface area contributed by atoms with Crippen LogP contribution in [0.5, 0.6) is 11.5 Å². The standard InChI is InChI=1S/C20H22ClNO5/c1-3-27-19-14(5-4-6-16(19)21)12-18(23)22-10-9-13-7-8-15(20(24)25)11-17(13)26-2/h4-8,11H,3,9-10,12H2,1-2H3,(H,22,23)(H,24,25). The Morgan fingerprint density at radius 1 is 1.19 bits per heavy atom. The first-order valence-electron chi connectivity index (χ1n) is 8.53. The van der Waals surface area contributed by atoms with Gasteiger partial charge < -0.3 is 19.9 Å². The van der Waals surface area contributed by atoms with Crippen molar-refractivity contribution in [2.75, 3.05) is 20.3 Å². The largest absolute Gasteiger partial charge is 0.496 e. The van der Waals surface area contributed by atoms with Crippen molar-refractivity contribution in [3.8, 4) is 11.5 Å². The molecule has 6 nitrogen and oxygen atoms in total. The van der Waals surface area contributed by atoms with Crippen LogP contribution in [0.1, 0.15) is 28.4 Å². The van der Waals surface area contributed by atoms with Crippen molar-refractivity contribution in [3.05, 3.63) is 58.1 Å². The number of nitrogens with one attached hydrogen (secondary N) is 1. The molecule has 2 rings (SSSR count). The normalized spacial score (nSPS) is 10.3. The molecular formula is C20H22ClNO5. The number of hydrogen-bond donors (Lipinski definition) is 2. The summed E-state index contributed by atoms with van der Waals surface area (Å²) in [6.07, 6.45) is 0.674. The topological polar surface area (TPSA) is 84.9 Å². The molecule has 0 atom stereocenters. The maximum absolute atomic E-state index is 12.2. The lowest BCUT2D eigenvalue weighted by molar-refractivity contribution is -0.120. The van der Waals surface area contributed by atoms with Crippen LogP contribution >= 0.6 is 11.6 Å². The van der Waals surface area contributed by atoms with E-state index in [2.05, 4.69) is 5.32 Å². The summed E-state index contributed by atoms with van der Waals surface area (Å²) in [5, 5.41) is 12.4. The van der Waals surface area contributed by atoms with E-state index in [0.29, 0.717) is 36.1 Å². The van der Waals surface area contributed by atoms with Gasteiger partial charge in [0.1, 0.15) is 11.5 Å². The Kier molecular flexibility index (Phi) is 7.49. The van der Waals surface area contributed by atoms with Crippen molar-refractivity contribution in [3.63, 3.8) is 0 Å². The Morgan fingerprint density at radius 2 is 1.96 bits per heavy atom. The van der Waals surface area contributed by atoms with Gasteiger partial charge in [-0.2, -0.15) is 0 Å². The quantitative estimate of drug-likeness (QED) is 0.684. The van der Waals surface area contributed by atoms with Crippen LogP contribution < -0.4 is 14.8 Å². The molecule has 2 aromatic carbocycles. The molecule has 0 fully saturated rings. The van der Waals surface area contributed by atoms with E-state index in [4.69, 9.17) is 26.2 Å². The molecule has 0 saturated heterocycles. The lowest BCUT2D eigenvalue weighted by Gasteiger charge is -2.13. The van der Waals surface area contributed by atoms with E-state index >= 15 is 0 Å². The van der Waals surface area contributed by atoms with E-state index in [0.717, 1.165) is 11.1 Å². The molecule has 0 saturated carbocycles. The highest BCUT2D eigenvalue weighted by atomic mass is 35.5. The van der Waals surface area contributed by atoms with Crippen molar-refractivity contribution < 1.29 is 24.2 Å². The molecule has 144 valence electrons. The molecule has 27 heavy (non-hydrogen) atoms. The van der Waals surface area contributed by atoms with Crippen molar-refractivity contribution >= 4 is 23.5 Å².